The fraction of sp³-hybridized carbons (Fsp3) is 0.450. The summed E-state index contributed by atoms with van der Waals surface area (Å²) in [7, 11) is 0. The average molecular weight is 377 g/mol. The lowest BCUT2D eigenvalue weighted by molar-refractivity contribution is 0.0301. The second-order valence-corrected chi connectivity index (χ2v) is 5.56. The van der Waals surface area contributed by atoms with Crippen molar-refractivity contribution >= 4 is 5.91 Å². The Hall–Kier alpha value is -2.67. The fourth-order valence-corrected chi connectivity index (χ4v) is 2.47. The van der Waals surface area contributed by atoms with Gasteiger partial charge in [-0.15, -0.1) is 0 Å². The van der Waals surface area contributed by atoms with Crippen LogP contribution in [0.2, 0.25) is 0 Å². The molecule has 0 bridgehead atoms. The van der Waals surface area contributed by atoms with Gasteiger partial charge in [0.05, 0.1) is 32.7 Å². The number of amides is 1. The van der Waals surface area contributed by atoms with E-state index in [0.29, 0.717) is 49.2 Å². The molecule has 0 aliphatic carbocycles. The Balaban J connectivity index is 1.98. The zero-order valence-electron chi connectivity index (χ0n) is 16.1. The van der Waals surface area contributed by atoms with E-state index in [0.717, 1.165) is 18.6 Å². The molecule has 1 amide bonds. The van der Waals surface area contributed by atoms with Gasteiger partial charge in [-0.2, -0.15) is 0 Å². The number of aryl methyl sites for hydroxylation is 1. The first-order valence-corrected chi connectivity index (χ1v) is 9.20. The van der Waals surface area contributed by atoms with Crippen LogP contribution in [0.25, 0.3) is 0 Å². The van der Waals surface area contributed by atoms with Crippen molar-refractivity contribution in [1.29, 1.82) is 0 Å². The molecule has 27 heavy (non-hydrogen) atoms. The summed E-state index contributed by atoms with van der Waals surface area (Å²) in [4.78, 5) is 17.7. The summed E-state index contributed by atoms with van der Waals surface area (Å²) in [6.07, 6.45) is 3.11. The van der Waals surface area contributed by atoms with Crippen molar-refractivity contribution in [2.24, 2.45) is 0 Å². The van der Waals surface area contributed by atoms with Gasteiger partial charge in [0, 0.05) is 12.0 Å². The Labute approximate surface area is 159 Å². The van der Waals surface area contributed by atoms with Crippen molar-refractivity contribution in [3.63, 3.8) is 0 Å². The Morgan fingerprint density at radius 1 is 1.04 bits per heavy atom. The van der Waals surface area contributed by atoms with Crippen LogP contribution in [0.15, 0.2) is 34.9 Å². The number of hydrogen-bond acceptors (Lipinski definition) is 6. The number of ether oxygens (including phenoxy) is 3. The maximum absolute atomic E-state index is 12.4. The van der Waals surface area contributed by atoms with E-state index in [1.54, 1.807) is 18.4 Å². The van der Waals surface area contributed by atoms with Gasteiger partial charge in [-0.25, -0.2) is 5.48 Å². The molecule has 0 unspecified atom stereocenters. The van der Waals surface area contributed by atoms with Gasteiger partial charge in [-0.3, -0.25) is 9.63 Å². The van der Waals surface area contributed by atoms with Gasteiger partial charge in [0.25, 0.3) is 5.91 Å². The Morgan fingerprint density at radius 3 is 2.26 bits per heavy atom. The van der Waals surface area contributed by atoms with E-state index in [-0.39, 0.29) is 5.91 Å². The molecule has 7 heteroatoms. The highest BCUT2D eigenvalue weighted by molar-refractivity contribution is 5.95. The van der Waals surface area contributed by atoms with Crippen molar-refractivity contribution in [2.45, 2.75) is 33.6 Å². The maximum Gasteiger partial charge on any atom is 0.275 e. The molecule has 1 heterocycles. The van der Waals surface area contributed by atoms with E-state index in [2.05, 4.69) is 5.48 Å². The van der Waals surface area contributed by atoms with Gasteiger partial charge in [0.1, 0.15) is 5.76 Å². The van der Waals surface area contributed by atoms with E-state index in [1.165, 1.54) is 0 Å². The zero-order valence-corrected chi connectivity index (χ0v) is 16.1. The highest BCUT2D eigenvalue weighted by atomic mass is 16.6. The number of hydroxylamine groups is 1. The van der Waals surface area contributed by atoms with Crippen molar-refractivity contribution < 1.29 is 28.3 Å². The number of furan rings is 1. The number of nitrogens with one attached hydrogen (secondary N) is 1. The number of carbonyl (C=O) groups is 1. The molecule has 0 spiro atoms. The van der Waals surface area contributed by atoms with Crippen molar-refractivity contribution in [3.8, 4) is 17.2 Å². The number of hydrogen-bond donors (Lipinski definition) is 1. The van der Waals surface area contributed by atoms with Gasteiger partial charge < -0.3 is 18.6 Å². The predicted molar refractivity (Wildman–Crippen MR) is 100 cm³/mol. The minimum absolute atomic E-state index is 0.372. The van der Waals surface area contributed by atoms with Crippen LogP contribution >= 0.6 is 0 Å². The van der Waals surface area contributed by atoms with Gasteiger partial charge in [0.2, 0.25) is 5.75 Å². The molecule has 2 aromatic rings. The van der Waals surface area contributed by atoms with E-state index in [9.17, 15) is 4.79 Å². The van der Waals surface area contributed by atoms with E-state index in [1.807, 2.05) is 32.9 Å². The van der Waals surface area contributed by atoms with Gasteiger partial charge in [-0.05, 0) is 51.5 Å². The second-order valence-electron chi connectivity index (χ2n) is 5.56. The predicted octanol–water partition coefficient (Wildman–Crippen LogP) is 3.77. The minimum Gasteiger partial charge on any atom is -0.490 e. The molecule has 2 rings (SSSR count). The molecule has 0 fully saturated rings. The first kappa shape index (κ1) is 20.6. The van der Waals surface area contributed by atoms with E-state index in [4.69, 9.17) is 23.5 Å². The Kier molecular flexibility index (Phi) is 8.51. The quantitative estimate of drug-likeness (QED) is 0.448. The lowest BCUT2D eigenvalue weighted by atomic mass is 10.1. The number of benzene rings is 1. The molecule has 1 aromatic carbocycles. The van der Waals surface area contributed by atoms with Crippen LogP contribution in [0.3, 0.4) is 0 Å². The summed E-state index contributed by atoms with van der Waals surface area (Å²) in [5.74, 6) is 1.94. The molecule has 0 atom stereocenters. The first-order chi connectivity index (χ1) is 13.2. The largest absolute Gasteiger partial charge is 0.490 e. The molecule has 0 saturated carbocycles. The monoisotopic (exact) mass is 377 g/mol. The Morgan fingerprint density at radius 2 is 1.70 bits per heavy atom. The van der Waals surface area contributed by atoms with E-state index >= 15 is 0 Å². The Bertz CT molecular complexity index is 671. The van der Waals surface area contributed by atoms with Crippen LogP contribution in [-0.2, 0) is 11.3 Å². The lowest BCUT2D eigenvalue weighted by Gasteiger charge is -2.17. The molecular weight excluding hydrogens is 350 g/mol. The van der Waals surface area contributed by atoms with Crippen LogP contribution in [0.1, 0.15) is 43.3 Å². The fourth-order valence-electron chi connectivity index (χ4n) is 2.47. The van der Waals surface area contributed by atoms with Gasteiger partial charge >= 0.3 is 0 Å². The van der Waals surface area contributed by atoms with Crippen LogP contribution in [0, 0.1) is 0 Å². The van der Waals surface area contributed by atoms with Gasteiger partial charge in [-0.1, -0.05) is 0 Å². The summed E-state index contributed by atoms with van der Waals surface area (Å²) < 4.78 is 22.1. The maximum atomic E-state index is 12.4. The second kappa shape index (κ2) is 11.1. The van der Waals surface area contributed by atoms with Crippen molar-refractivity contribution in [2.75, 3.05) is 26.4 Å². The third-order valence-electron chi connectivity index (χ3n) is 3.59. The third-order valence-corrected chi connectivity index (χ3v) is 3.59. The zero-order chi connectivity index (χ0) is 19.5. The summed E-state index contributed by atoms with van der Waals surface area (Å²) in [5, 5.41) is 0. The lowest BCUT2D eigenvalue weighted by Crippen LogP contribution is -2.24. The summed E-state index contributed by atoms with van der Waals surface area (Å²) in [6, 6.07) is 7.00. The van der Waals surface area contributed by atoms with Crippen LogP contribution in [0.5, 0.6) is 17.2 Å². The summed E-state index contributed by atoms with van der Waals surface area (Å²) in [5.41, 5.74) is 2.82. The van der Waals surface area contributed by atoms with Crippen LogP contribution < -0.4 is 19.7 Å². The SMILES string of the molecule is CCOc1cc(C(=O)NOCCCc2ccco2)cc(OCC)c1OCC. The number of carbonyl (C=O) groups excluding carboxylic acids is 1. The average Bonchev–Trinajstić information content (AvgIpc) is 3.17. The molecule has 0 aliphatic rings. The third kappa shape index (κ3) is 6.21. The minimum atomic E-state index is -0.377. The molecule has 1 N–H and O–H groups in total. The molecule has 1 aromatic heterocycles. The normalized spacial score (nSPS) is 10.5. The molecule has 7 nitrogen and oxygen atoms in total. The highest BCUT2D eigenvalue weighted by Crippen LogP contribution is 2.39. The molecular formula is C20H27NO6. The molecule has 0 aliphatic heterocycles. The topological polar surface area (TPSA) is 79.2 Å². The summed E-state index contributed by atoms with van der Waals surface area (Å²) in [6.45, 7) is 7.34. The molecule has 0 saturated heterocycles. The first-order valence-electron chi connectivity index (χ1n) is 9.20. The van der Waals surface area contributed by atoms with Crippen molar-refractivity contribution in [3.05, 3.63) is 41.9 Å². The van der Waals surface area contributed by atoms with Crippen molar-refractivity contribution in [1.82, 2.24) is 5.48 Å². The van der Waals surface area contributed by atoms with Crippen LogP contribution in [-0.4, -0.2) is 32.3 Å². The van der Waals surface area contributed by atoms with Gasteiger partial charge in [0.15, 0.2) is 11.5 Å². The van der Waals surface area contributed by atoms with E-state index < -0.39 is 0 Å². The number of rotatable bonds is 12. The highest BCUT2D eigenvalue weighted by Gasteiger charge is 2.18. The van der Waals surface area contributed by atoms with Crippen LogP contribution in [0.4, 0.5) is 0 Å². The summed E-state index contributed by atoms with van der Waals surface area (Å²) >= 11 is 0. The standard InChI is InChI=1S/C20H27NO6/c1-4-23-17-13-15(14-18(24-5-2)19(17)25-6-3)20(22)21-27-12-8-10-16-9-7-11-26-16/h7,9,11,13-14H,4-6,8,10,12H2,1-3H3,(H,21,22). The molecule has 148 valence electrons. The molecule has 0 radical (unpaired) electrons. The smallest absolute Gasteiger partial charge is 0.275 e.